The third-order valence-corrected chi connectivity index (χ3v) is 4.95. The highest BCUT2D eigenvalue weighted by atomic mass is 32.2. The van der Waals surface area contributed by atoms with Crippen LogP contribution in [-0.4, -0.2) is 46.2 Å². The third kappa shape index (κ3) is 3.90. The predicted octanol–water partition coefficient (Wildman–Crippen LogP) is 1.72. The number of carbonyl (C=O) groups excluding carboxylic acids is 3. The van der Waals surface area contributed by atoms with Crippen LogP contribution in [0.2, 0.25) is 0 Å². The monoisotopic (exact) mass is 379 g/mol. The van der Waals surface area contributed by atoms with Crippen molar-refractivity contribution in [2.45, 2.75) is 25.3 Å². The van der Waals surface area contributed by atoms with Gasteiger partial charge in [0.2, 0.25) is 5.91 Å². The summed E-state index contributed by atoms with van der Waals surface area (Å²) in [6, 6.07) is 4.22. The molecular formula is C16H17N3O6S. The van der Waals surface area contributed by atoms with Crippen LogP contribution in [-0.2, 0) is 19.1 Å². The SMILES string of the molecule is CC(=O)N1[C@@H](C(=O)OCC(=O)Nc2cc(C)on2)CS[C@H]1c1ccco1. The maximum absolute atomic E-state index is 12.4. The van der Waals surface area contributed by atoms with Gasteiger partial charge in [-0.25, -0.2) is 4.79 Å². The van der Waals surface area contributed by atoms with Crippen molar-refractivity contribution in [3.63, 3.8) is 0 Å². The van der Waals surface area contributed by atoms with Crippen molar-refractivity contribution in [1.82, 2.24) is 10.1 Å². The van der Waals surface area contributed by atoms with Crippen LogP contribution in [0, 0.1) is 6.92 Å². The lowest BCUT2D eigenvalue weighted by molar-refractivity contribution is -0.155. The summed E-state index contributed by atoms with van der Waals surface area (Å²) < 4.78 is 15.2. The van der Waals surface area contributed by atoms with Gasteiger partial charge < -0.3 is 23.9 Å². The molecular weight excluding hydrogens is 362 g/mol. The van der Waals surface area contributed by atoms with E-state index in [0.717, 1.165) is 0 Å². The summed E-state index contributed by atoms with van der Waals surface area (Å²) in [5.41, 5.74) is 0. The quantitative estimate of drug-likeness (QED) is 0.781. The smallest absolute Gasteiger partial charge is 0.330 e. The van der Waals surface area contributed by atoms with Crippen LogP contribution in [0.25, 0.3) is 0 Å². The number of aryl methyl sites for hydroxylation is 1. The van der Waals surface area contributed by atoms with Gasteiger partial charge >= 0.3 is 5.97 Å². The van der Waals surface area contributed by atoms with Crippen LogP contribution >= 0.6 is 11.8 Å². The van der Waals surface area contributed by atoms with Crippen LogP contribution < -0.4 is 5.32 Å². The van der Waals surface area contributed by atoms with Crippen molar-refractivity contribution in [1.29, 1.82) is 0 Å². The van der Waals surface area contributed by atoms with E-state index < -0.39 is 29.9 Å². The van der Waals surface area contributed by atoms with Gasteiger partial charge in [-0.3, -0.25) is 9.59 Å². The maximum Gasteiger partial charge on any atom is 0.330 e. The number of ether oxygens (including phenoxy) is 1. The summed E-state index contributed by atoms with van der Waals surface area (Å²) in [6.45, 7) is 2.58. The highest BCUT2D eigenvalue weighted by molar-refractivity contribution is 7.99. The lowest BCUT2D eigenvalue weighted by Crippen LogP contribution is -2.43. The minimum Gasteiger partial charge on any atom is -0.466 e. The first-order valence-corrected chi connectivity index (χ1v) is 8.84. The molecule has 9 nitrogen and oxygen atoms in total. The molecule has 138 valence electrons. The fourth-order valence-electron chi connectivity index (χ4n) is 2.56. The Hall–Kier alpha value is -2.75. The van der Waals surface area contributed by atoms with Crippen LogP contribution in [0.3, 0.4) is 0 Å². The van der Waals surface area contributed by atoms with Crippen molar-refractivity contribution in [2.24, 2.45) is 0 Å². The van der Waals surface area contributed by atoms with E-state index in [-0.39, 0.29) is 11.7 Å². The van der Waals surface area contributed by atoms with Crippen molar-refractivity contribution in [3.05, 3.63) is 36.0 Å². The second-order valence-corrected chi connectivity index (χ2v) is 6.74. The predicted molar refractivity (Wildman–Crippen MR) is 91.0 cm³/mol. The Morgan fingerprint density at radius 3 is 2.88 bits per heavy atom. The molecule has 0 spiro atoms. The molecule has 0 saturated carbocycles. The molecule has 26 heavy (non-hydrogen) atoms. The van der Waals surface area contributed by atoms with Gasteiger partial charge in [-0.1, -0.05) is 5.16 Å². The Balaban J connectivity index is 1.58. The van der Waals surface area contributed by atoms with E-state index in [1.54, 1.807) is 25.1 Å². The van der Waals surface area contributed by atoms with Gasteiger partial charge in [0.05, 0.1) is 6.26 Å². The average molecular weight is 379 g/mol. The van der Waals surface area contributed by atoms with E-state index in [1.165, 1.54) is 29.8 Å². The second-order valence-electron chi connectivity index (χ2n) is 5.62. The summed E-state index contributed by atoms with van der Waals surface area (Å²) in [4.78, 5) is 37.6. The fourth-order valence-corrected chi connectivity index (χ4v) is 3.98. The molecule has 3 rings (SSSR count). The van der Waals surface area contributed by atoms with E-state index >= 15 is 0 Å². The van der Waals surface area contributed by atoms with E-state index in [1.807, 2.05) is 0 Å². The molecule has 10 heteroatoms. The van der Waals surface area contributed by atoms with Gasteiger partial charge in [0.25, 0.3) is 5.91 Å². The van der Waals surface area contributed by atoms with Crippen LogP contribution in [0.1, 0.15) is 23.8 Å². The molecule has 1 aliphatic heterocycles. The Morgan fingerprint density at radius 2 is 2.27 bits per heavy atom. The van der Waals surface area contributed by atoms with Gasteiger partial charge in [0.1, 0.15) is 22.9 Å². The molecule has 2 amide bonds. The molecule has 1 N–H and O–H groups in total. The normalized spacial score (nSPS) is 19.4. The summed E-state index contributed by atoms with van der Waals surface area (Å²) >= 11 is 1.40. The van der Waals surface area contributed by atoms with E-state index in [4.69, 9.17) is 13.7 Å². The summed E-state index contributed by atoms with van der Waals surface area (Å²) in [7, 11) is 0. The summed E-state index contributed by atoms with van der Waals surface area (Å²) in [5, 5.41) is 5.68. The molecule has 1 aliphatic rings. The molecule has 2 aromatic rings. The number of thioether (sulfide) groups is 1. The van der Waals surface area contributed by atoms with Gasteiger partial charge in [-0.05, 0) is 19.1 Å². The number of carbonyl (C=O) groups is 3. The summed E-state index contributed by atoms with van der Waals surface area (Å²) in [5.74, 6) is 0.251. The summed E-state index contributed by atoms with van der Waals surface area (Å²) in [6.07, 6.45) is 1.51. The van der Waals surface area contributed by atoms with E-state index in [2.05, 4.69) is 10.5 Å². The molecule has 1 saturated heterocycles. The largest absolute Gasteiger partial charge is 0.466 e. The number of esters is 1. The Morgan fingerprint density at radius 1 is 1.46 bits per heavy atom. The van der Waals surface area contributed by atoms with E-state index in [0.29, 0.717) is 17.3 Å². The van der Waals surface area contributed by atoms with Crippen molar-refractivity contribution < 1.29 is 28.1 Å². The lowest BCUT2D eigenvalue weighted by Gasteiger charge is -2.25. The molecule has 2 aromatic heterocycles. The highest BCUT2D eigenvalue weighted by Crippen LogP contribution is 2.41. The molecule has 0 radical (unpaired) electrons. The topological polar surface area (TPSA) is 115 Å². The molecule has 0 unspecified atom stereocenters. The van der Waals surface area contributed by atoms with Gasteiger partial charge in [0, 0.05) is 18.7 Å². The number of amides is 2. The minimum atomic E-state index is -0.783. The third-order valence-electron chi connectivity index (χ3n) is 3.66. The lowest BCUT2D eigenvalue weighted by atomic mass is 10.2. The number of nitrogens with zero attached hydrogens (tertiary/aromatic N) is 2. The number of nitrogens with one attached hydrogen (secondary N) is 1. The molecule has 2 atom stereocenters. The first kappa shape index (κ1) is 18.1. The number of hydrogen-bond acceptors (Lipinski definition) is 8. The van der Waals surface area contributed by atoms with E-state index in [9.17, 15) is 14.4 Å². The van der Waals surface area contributed by atoms with Crippen LogP contribution in [0.4, 0.5) is 5.82 Å². The average Bonchev–Trinajstić information content (AvgIpc) is 3.32. The Bertz CT molecular complexity index is 803. The highest BCUT2D eigenvalue weighted by Gasteiger charge is 2.43. The zero-order chi connectivity index (χ0) is 18.7. The zero-order valence-corrected chi connectivity index (χ0v) is 14.9. The molecule has 0 bridgehead atoms. The number of aromatic nitrogens is 1. The number of anilines is 1. The first-order chi connectivity index (χ1) is 12.5. The Labute approximate surface area is 153 Å². The van der Waals surface area contributed by atoms with Gasteiger partial charge in [-0.15, -0.1) is 11.8 Å². The fraction of sp³-hybridized carbons (Fsp3) is 0.375. The van der Waals surface area contributed by atoms with Crippen LogP contribution in [0.5, 0.6) is 0 Å². The zero-order valence-electron chi connectivity index (χ0n) is 14.1. The number of rotatable bonds is 5. The van der Waals surface area contributed by atoms with Gasteiger partial charge in [0.15, 0.2) is 12.4 Å². The molecule has 0 aromatic carbocycles. The van der Waals surface area contributed by atoms with Crippen molar-refractivity contribution >= 4 is 35.4 Å². The molecule has 1 fully saturated rings. The van der Waals surface area contributed by atoms with Crippen molar-refractivity contribution in [3.8, 4) is 0 Å². The van der Waals surface area contributed by atoms with Crippen molar-refractivity contribution in [2.75, 3.05) is 17.7 Å². The van der Waals surface area contributed by atoms with Gasteiger partial charge in [-0.2, -0.15) is 0 Å². The standard InChI is InChI=1S/C16H17N3O6S/c1-9-6-13(18-25-9)17-14(21)7-24-16(22)11-8-26-15(19(11)10(2)20)12-4-3-5-23-12/h3-6,11,15H,7-8H2,1-2H3,(H,17,18,21)/t11-,15+/m1/s1. The maximum atomic E-state index is 12.4. The second kappa shape index (κ2) is 7.65. The molecule has 0 aliphatic carbocycles. The Kier molecular flexibility index (Phi) is 5.31. The number of furan rings is 1. The van der Waals surface area contributed by atoms with Crippen LogP contribution in [0.15, 0.2) is 33.4 Å². The first-order valence-electron chi connectivity index (χ1n) is 7.79. The minimum absolute atomic E-state index is 0.239. The molecule has 3 heterocycles. The number of hydrogen-bond donors (Lipinski definition) is 1.